The van der Waals surface area contributed by atoms with E-state index >= 15 is 0 Å². The highest BCUT2D eigenvalue weighted by Crippen LogP contribution is 2.35. The summed E-state index contributed by atoms with van der Waals surface area (Å²) in [5, 5.41) is 3.16. The minimum absolute atomic E-state index is 0.0351. The molecular weight excluding hydrogens is 264 g/mol. The molecule has 0 saturated heterocycles. The lowest BCUT2D eigenvalue weighted by Gasteiger charge is -2.40. The van der Waals surface area contributed by atoms with Gasteiger partial charge in [-0.25, -0.2) is 0 Å². The predicted octanol–water partition coefficient (Wildman–Crippen LogP) is 2.75. The van der Waals surface area contributed by atoms with E-state index in [9.17, 15) is 4.79 Å². The molecule has 0 aromatic carbocycles. The minimum Gasteiger partial charge on any atom is -0.361 e. The Morgan fingerprint density at radius 1 is 1.29 bits per heavy atom. The van der Waals surface area contributed by atoms with Gasteiger partial charge in [-0.3, -0.25) is 4.79 Å². The number of hydrogen-bond acceptors (Lipinski definition) is 3. The van der Waals surface area contributed by atoms with Gasteiger partial charge in [-0.05, 0) is 38.5 Å². The lowest BCUT2D eigenvalue weighted by Crippen LogP contribution is -2.50. The van der Waals surface area contributed by atoms with E-state index in [1.54, 1.807) is 0 Å². The lowest BCUT2D eigenvalue weighted by molar-refractivity contribution is -0.152. The SMILES string of the molecule is CC1CCCC(CN)(OC(C)C(=O)NC2CCCCC2)C1. The third-order valence-corrected chi connectivity index (χ3v) is 5.17. The smallest absolute Gasteiger partial charge is 0.249 e. The molecule has 3 unspecified atom stereocenters. The molecule has 2 aliphatic rings. The molecule has 2 fully saturated rings. The summed E-state index contributed by atoms with van der Waals surface area (Å²) in [5.74, 6) is 0.670. The van der Waals surface area contributed by atoms with E-state index in [2.05, 4.69) is 12.2 Å². The topological polar surface area (TPSA) is 64.3 Å². The fourth-order valence-corrected chi connectivity index (χ4v) is 3.95. The normalized spacial score (nSPS) is 32.6. The van der Waals surface area contributed by atoms with E-state index in [1.807, 2.05) is 6.92 Å². The largest absolute Gasteiger partial charge is 0.361 e. The van der Waals surface area contributed by atoms with Crippen LogP contribution in [0.3, 0.4) is 0 Å². The van der Waals surface area contributed by atoms with Crippen LogP contribution in [0.4, 0.5) is 0 Å². The molecule has 2 rings (SSSR count). The number of amides is 1. The zero-order chi connectivity index (χ0) is 15.3. The van der Waals surface area contributed by atoms with Crippen LogP contribution in [0.25, 0.3) is 0 Å². The third kappa shape index (κ3) is 4.68. The van der Waals surface area contributed by atoms with Crippen LogP contribution >= 0.6 is 0 Å². The summed E-state index contributed by atoms with van der Waals surface area (Å²) in [7, 11) is 0. The fourth-order valence-electron chi connectivity index (χ4n) is 3.95. The van der Waals surface area contributed by atoms with Gasteiger partial charge in [-0.1, -0.05) is 39.0 Å². The third-order valence-electron chi connectivity index (χ3n) is 5.17. The van der Waals surface area contributed by atoms with Gasteiger partial charge >= 0.3 is 0 Å². The quantitative estimate of drug-likeness (QED) is 0.820. The van der Waals surface area contributed by atoms with Crippen molar-refractivity contribution in [3.8, 4) is 0 Å². The average Bonchev–Trinajstić information content (AvgIpc) is 2.48. The maximum absolute atomic E-state index is 12.3. The Morgan fingerprint density at radius 2 is 2.00 bits per heavy atom. The number of carbonyl (C=O) groups excluding carboxylic acids is 1. The van der Waals surface area contributed by atoms with E-state index in [0.717, 1.165) is 32.1 Å². The van der Waals surface area contributed by atoms with Crippen molar-refractivity contribution in [3.63, 3.8) is 0 Å². The standard InChI is InChI=1S/C17H32N2O2/c1-13-7-6-10-17(11-13,12-18)21-14(2)16(20)19-15-8-4-3-5-9-15/h13-15H,3-12,18H2,1-2H3,(H,19,20). The van der Waals surface area contributed by atoms with Crippen molar-refractivity contribution >= 4 is 5.91 Å². The second kappa shape index (κ2) is 7.59. The number of carbonyl (C=O) groups is 1. The number of ether oxygens (including phenoxy) is 1. The molecule has 21 heavy (non-hydrogen) atoms. The first-order chi connectivity index (χ1) is 10.0. The van der Waals surface area contributed by atoms with Crippen LogP contribution in [-0.4, -0.2) is 30.2 Å². The summed E-state index contributed by atoms with van der Waals surface area (Å²) in [5.41, 5.74) is 5.69. The van der Waals surface area contributed by atoms with Crippen molar-refractivity contribution < 1.29 is 9.53 Å². The second-order valence-electron chi connectivity index (χ2n) is 7.19. The summed E-state index contributed by atoms with van der Waals surface area (Å²) in [6.45, 7) is 4.63. The first kappa shape index (κ1) is 16.8. The Balaban J connectivity index is 1.86. The average molecular weight is 296 g/mol. The van der Waals surface area contributed by atoms with Crippen molar-refractivity contribution in [2.24, 2.45) is 11.7 Å². The molecule has 0 aromatic heterocycles. The Labute approximate surface area is 129 Å². The Kier molecular flexibility index (Phi) is 6.06. The highest BCUT2D eigenvalue weighted by Gasteiger charge is 2.37. The Hall–Kier alpha value is -0.610. The van der Waals surface area contributed by atoms with Crippen molar-refractivity contribution in [3.05, 3.63) is 0 Å². The molecule has 4 heteroatoms. The van der Waals surface area contributed by atoms with Gasteiger partial charge in [0.25, 0.3) is 0 Å². The van der Waals surface area contributed by atoms with Crippen molar-refractivity contribution in [2.45, 2.75) is 89.4 Å². The first-order valence-electron chi connectivity index (χ1n) is 8.73. The van der Waals surface area contributed by atoms with E-state index in [4.69, 9.17) is 10.5 Å². The lowest BCUT2D eigenvalue weighted by atomic mass is 9.78. The van der Waals surface area contributed by atoms with Crippen molar-refractivity contribution in [1.29, 1.82) is 0 Å². The van der Waals surface area contributed by atoms with Crippen LogP contribution in [0.1, 0.15) is 71.6 Å². The van der Waals surface area contributed by atoms with Crippen LogP contribution in [-0.2, 0) is 9.53 Å². The molecule has 2 aliphatic carbocycles. The first-order valence-corrected chi connectivity index (χ1v) is 8.73. The molecule has 4 nitrogen and oxygen atoms in total. The summed E-state index contributed by atoms with van der Waals surface area (Å²) < 4.78 is 6.16. The predicted molar refractivity (Wildman–Crippen MR) is 85.0 cm³/mol. The number of rotatable bonds is 5. The van der Waals surface area contributed by atoms with Crippen LogP contribution in [0, 0.1) is 5.92 Å². The Bertz CT molecular complexity index is 342. The van der Waals surface area contributed by atoms with Crippen molar-refractivity contribution in [1.82, 2.24) is 5.32 Å². The van der Waals surface area contributed by atoms with Crippen LogP contribution < -0.4 is 11.1 Å². The molecule has 0 radical (unpaired) electrons. The van der Waals surface area contributed by atoms with Gasteiger partial charge in [-0.15, -0.1) is 0 Å². The fraction of sp³-hybridized carbons (Fsp3) is 0.941. The molecule has 0 aliphatic heterocycles. The van der Waals surface area contributed by atoms with Gasteiger partial charge in [0.05, 0.1) is 5.60 Å². The Morgan fingerprint density at radius 3 is 2.62 bits per heavy atom. The number of nitrogens with one attached hydrogen (secondary N) is 1. The highest BCUT2D eigenvalue weighted by molar-refractivity contribution is 5.80. The van der Waals surface area contributed by atoms with Gasteiger partial charge in [0.2, 0.25) is 5.91 Å². The maximum Gasteiger partial charge on any atom is 0.249 e. The second-order valence-corrected chi connectivity index (χ2v) is 7.19. The monoisotopic (exact) mass is 296 g/mol. The molecule has 3 N–H and O–H groups in total. The molecule has 0 heterocycles. The van der Waals surface area contributed by atoms with Crippen LogP contribution in [0.15, 0.2) is 0 Å². The van der Waals surface area contributed by atoms with Gasteiger partial charge in [-0.2, -0.15) is 0 Å². The van der Waals surface area contributed by atoms with Crippen LogP contribution in [0.2, 0.25) is 0 Å². The molecule has 0 spiro atoms. The summed E-state index contributed by atoms with van der Waals surface area (Å²) in [4.78, 5) is 12.3. The van der Waals surface area contributed by atoms with E-state index in [1.165, 1.54) is 25.7 Å². The van der Waals surface area contributed by atoms with E-state index in [-0.39, 0.29) is 11.5 Å². The summed E-state index contributed by atoms with van der Waals surface area (Å²) in [6, 6.07) is 0.344. The zero-order valence-corrected chi connectivity index (χ0v) is 13.7. The van der Waals surface area contributed by atoms with E-state index < -0.39 is 6.10 Å². The number of nitrogens with two attached hydrogens (primary N) is 1. The molecule has 122 valence electrons. The van der Waals surface area contributed by atoms with Crippen molar-refractivity contribution in [2.75, 3.05) is 6.54 Å². The maximum atomic E-state index is 12.3. The summed E-state index contributed by atoms with van der Waals surface area (Å²) >= 11 is 0. The molecule has 0 aromatic rings. The highest BCUT2D eigenvalue weighted by atomic mass is 16.5. The van der Waals surface area contributed by atoms with Gasteiger partial charge in [0.15, 0.2) is 0 Å². The molecule has 3 atom stereocenters. The number of hydrogen-bond donors (Lipinski definition) is 2. The molecular formula is C17H32N2O2. The summed E-state index contributed by atoms with van der Waals surface area (Å²) in [6.07, 6.45) is 9.92. The van der Waals surface area contributed by atoms with Crippen LogP contribution in [0.5, 0.6) is 0 Å². The van der Waals surface area contributed by atoms with Gasteiger partial charge in [0, 0.05) is 12.6 Å². The van der Waals surface area contributed by atoms with E-state index in [0.29, 0.717) is 18.5 Å². The molecule has 2 saturated carbocycles. The zero-order valence-electron chi connectivity index (χ0n) is 13.7. The van der Waals surface area contributed by atoms with Gasteiger partial charge < -0.3 is 15.8 Å². The molecule has 1 amide bonds. The van der Waals surface area contributed by atoms with Gasteiger partial charge in [0.1, 0.15) is 6.10 Å². The molecule has 0 bridgehead atoms. The minimum atomic E-state index is -0.402.